The highest BCUT2D eigenvalue weighted by molar-refractivity contribution is 5.76. The summed E-state index contributed by atoms with van der Waals surface area (Å²) in [6.07, 6.45) is -4.42. The summed E-state index contributed by atoms with van der Waals surface area (Å²) >= 11 is 0. The molecule has 8 heteroatoms. The Morgan fingerprint density at radius 3 is 2.44 bits per heavy atom. The number of nitrogens with zero attached hydrogens (tertiary/aromatic N) is 1. The van der Waals surface area contributed by atoms with Gasteiger partial charge in [0.05, 0.1) is 7.11 Å². The number of rotatable bonds is 7. The number of carbonyl (C=O) groups excluding carboxylic acids is 1. The minimum atomic E-state index is -4.81. The number of aryl methyl sites for hydroxylation is 1. The largest absolute Gasteiger partial charge is 0.573 e. The van der Waals surface area contributed by atoms with Crippen LogP contribution in [0.4, 0.5) is 17.6 Å². The summed E-state index contributed by atoms with van der Waals surface area (Å²) < 4.78 is 59.9. The van der Waals surface area contributed by atoms with Crippen molar-refractivity contribution >= 4 is 5.91 Å². The fourth-order valence-corrected chi connectivity index (χ4v) is 2.51. The molecular formula is C19H19F4NO3. The molecule has 27 heavy (non-hydrogen) atoms. The number of para-hydroxylation sites is 1. The second-order valence-electron chi connectivity index (χ2n) is 5.87. The van der Waals surface area contributed by atoms with E-state index in [1.54, 1.807) is 12.1 Å². The first-order valence-corrected chi connectivity index (χ1v) is 8.09. The minimum Gasteiger partial charge on any atom is -0.494 e. The second-order valence-corrected chi connectivity index (χ2v) is 5.87. The lowest BCUT2D eigenvalue weighted by Crippen LogP contribution is -2.27. The summed E-state index contributed by atoms with van der Waals surface area (Å²) in [7, 11) is 2.85. The van der Waals surface area contributed by atoms with Gasteiger partial charge >= 0.3 is 6.36 Å². The molecule has 0 atom stereocenters. The maximum Gasteiger partial charge on any atom is 0.573 e. The van der Waals surface area contributed by atoms with Crippen LogP contribution in [0.1, 0.15) is 17.5 Å². The van der Waals surface area contributed by atoms with Crippen LogP contribution in [0.25, 0.3) is 0 Å². The van der Waals surface area contributed by atoms with Crippen molar-refractivity contribution in [2.45, 2.75) is 25.7 Å². The predicted molar refractivity (Wildman–Crippen MR) is 90.9 cm³/mol. The highest BCUT2D eigenvalue weighted by Gasteiger charge is 2.32. The Bertz CT molecular complexity index is 793. The summed E-state index contributed by atoms with van der Waals surface area (Å²) in [5, 5.41) is 0. The Kier molecular flexibility index (Phi) is 6.65. The minimum absolute atomic E-state index is 0.0396. The number of ether oxygens (including phenoxy) is 2. The van der Waals surface area contributed by atoms with Gasteiger partial charge in [0.1, 0.15) is 5.75 Å². The van der Waals surface area contributed by atoms with Crippen LogP contribution in [0.15, 0.2) is 42.5 Å². The van der Waals surface area contributed by atoms with Gasteiger partial charge in [-0.2, -0.15) is 0 Å². The van der Waals surface area contributed by atoms with Crippen molar-refractivity contribution in [3.8, 4) is 11.5 Å². The lowest BCUT2D eigenvalue weighted by Gasteiger charge is -2.20. The van der Waals surface area contributed by atoms with Gasteiger partial charge in [0.25, 0.3) is 0 Å². The molecule has 0 bridgehead atoms. The number of hydrogen-bond donors (Lipinski definition) is 0. The molecule has 0 saturated carbocycles. The van der Waals surface area contributed by atoms with Gasteiger partial charge in [-0.15, -0.1) is 13.2 Å². The number of halogens is 4. The van der Waals surface area contributed by atoms with Crippen LogP contribution in [0.3, 0.4) is 0 Å². The smallest absolute Gasteiger partial charge is 0.494 e. The molecule has 0 heterocycles. The SMILES string of the molecule is COc1ccc(CCC(=O)N(C)Cc2ccccc2OC(F)(F)F)cc1F. The van der Waals surface area contributed by atoms with Crippen LogP contribution in [-0.4, -0.2) is 31.3 Å². The molecule has 2 aromatic rings. The van der Waals surface area contributed by atoms with Crippen molar-refractivity contribution in [2.75, 3.05) is 14.2 Å². The van der Waals surface area contributed by atoms with E-state index >= 15 is 0 Å². The molecule has 0 aliphatic carbocycles. The van der Waals surface area contributed by atoms with Crippen LogP contribution >= 0.6 is 0 Å². The maximum atomic E-state index is 13.7. The van der Waals surface area contributed by atoms with Crippen molar-refractivity contribution in [1.82, 2.24) is 4.90 Å². The van der Waals surface area contributed by atoms with Crippen LogP contribution in [0.2, 0.25) is 0 Å². The quantitative estimate of drug-likeness (QED) is 0.666. The van der Waals surface area contributed by atoms with Gasteiger partial charge in [-0.1, -0.05) is 24.3 Å². The van der Waals surface area contributed by atoms with Crippen LogP contribution < -0.4 is 9.47 Å². The molecule has 0 unspecified atom stereocenters. The van der Waals surface area contributed by atoms with Crippen LogP contribution in [0, 0.1) is 5.82 Å². The van der Waals surface area contributed by atoms with Crippen LogP contribution in [-0.2, 0) is 17.8 Å². The third kappa shape index (κ3) is 6.16. The summed E-state index contributed by atoms with van der Waals surface area (Å²) in [4.78, 5) is 13.6. The zero-order valence-electron chi connectivity index (χ0n) is 14.8. The van der Waals surface area contributed by atoms with E-state index in [1.165, 1.54) is 49.4 Å². The average Bonchev–Trinajstić information content (AvgIpc) is 2.60. The van der Waals surface area contributed by atoms with Gasteiger partial charge in [-0.05, 0) is 30.2 Å². The van der Waals surface area contributed by atoms with Gasteiger partial charge in [0.2, 0.25) is 5.91 Å². The first-order valence-electron chi connectivity index (χ1n) is 8.09. The fourth-order valence-electron chi connectivity index (χ4n) is 2.51. The highest BCUT2D eigenvalue weighted by Crippen LogP contribution is 2.27. The maximum absolute atomic E-state index is 13.7. The van der Waals surface area contributed by atoms with Crippen LogP contribution in [0.5, 0.6) is 11.5 Å². The van der Waals surface area contributed by atoms with Gasteiger partial charge in [-0.3, -0.25) is 4.79 Å². The molecule has 0 aromatic heterocycles. The van der Waals surface area contributed by atoms with Crippen molar-refractivity contribution < 1.29 is 31.8 Å². The molecule has 0 fully saturated rings. The number of hydrogen-bond acceptors (Lipinski definition) is 3. The molecule has 0 N–H and O–H groups in total. The zero-order chi connectivity index (χ0) is 20.0. The molecule has 2 rings (SSSR count). The van der Waals surface area contributed by atoms with E-state index in [4.69, 9.17) is 4.74 Å². The summed E-state index contributed by atoms with van der Waals surface area (Å²) in [6.45, 7) is -0.0396. The van der Waals surface area contributed by atoms with Crippen molar-refractivity contribution in [1.29, 1.82) is 0 Å². The Morgan fingerprint density at radius 1 is 1.11 bits per heavy atom. The molecule has 0 aliphatic heterocycles. The number of benzene rings is 2. The standard InChI is InChI=1S/C19H19F4NO3/c1-24(12-14-5-3-4-6-16(14)27-19(21,22)23)18(25)10-8-13-7-9-17(26-2)15(20)11-13/h3-7,9,11H,8,10,12H2,1-2H3. The van der Waals surface area contributed by atoms with E-state index in [1.807, 2.05) is 0 Å². The Balaban J connectivity index is 1.97. The molecule has 146 valence electrons. The molecule has 0 spiro atoms. The second kappa shape index (κ2) is 8.75. The van der Waals surface area contributed by atoms with E-state index in [2.05, 4.69) is 4.74 Å². The Morgan fingerprint density at radius 2 is 1.81 bits per heavy atom. The number of carbonyl (C=O) groups is 1. The lowest BCUT2D eigenvalue weighted by atomic mass is 10.1. The normalized spacial score (nSPS) is 11.2. The number of alkyl halides is 3. The highest BCUT2D eigenvalue weighted by atomic mass is 19.4. The van der Waals surface area contributed by atoms with E-state index in [9.17, 15) is 22.4 Å². The van der Waals surface area contributed by atoms with E-state index in [0.29, 0.717) is 12.0 Å². The molecule has 4 nitrogen and oxygen atoms in total. The van der Waals surface area contributed by atoms with E-state index < -0.39 is 12.2 Å². The third-order valence-electron chi connectivity index (χ3n) is 3.88. The first kappa shape index (κ1) is 20.5. The van der Waals surface area contributed by atoms with Crippen molar-refractivity contribution in [3.63, 3.8) is 0 Å². The van der Waals surface area contributed by atoms with Gasteiger partial charge < -0.3 is 14.4 Å². The summed E-state index contributed by atoms with van der Waals surface area (Å²) in [5.74, 6) is -1.03. The zero-order valence-corrected chi connectivity index (χ0v) is 14.8. The first-order chi connectivity index (χ1) is 12.7. The van der Waals surface area contributed by atoms with Crippen molar-refractivity contribution in [3.05, 3.63) is 59.4 Å². The van der Waals surface area contributed by atoms with Gasteiger partial charge in [-0.25, -0.2) is 4.39 Å². The van der Waals surface area contributed by atoms with Gasteiger partial charge in [0, 0.05) is 25.6 Å². The summed E-state index contributed by atoms with van der Waals surface area (Å²) in [5.41, 5.74) is 0.858. The van der Waals surface area contributed by atoms with Gasteiger partial charge in [0.15, 0.2) is 11.6 Å². The lowest BCUT2D eigenvalue weighted by molar-refractivity contribution is -0.275. The third-order valence-corrected chi connectivity index (χ3v) is 3.88. The van der Waals surface area contributed by atoms with Crippen molar-refractivity contribution in [2.24, 2.45) is 0 Å². The molecule has 0 radical (unpaired) electrons. The van der Waals surface area contributed by atoms with E-state index in [0.717, 1.165) is 0 Å². The molecule has 0 saturated heterocycles. The fraction of sp³-hybridized carbons (Fsp3) is 0.316. The average molecular weight is 385 g/mol. The predicted octanol–water partition coefficient (Wildman–Crippen LogP) is 4.32. The summed E-state index contributed by atoms with van der Waals surface area (Å²) in [6, 6.07) is 10.1. The molecular weight excluding hydrogens is 366 g/mol. The van der Waals surface area contributed by atoms with E-state index in [-0.39, 0.29) is 35.9 Å². The molecule has 2 aromatic carbocycles. The monoisotopic (exact) mass is 385 g/mol. The Labute approximate surface area is 154 Å². The Hall–Kier alpha value is -2.77. The molecule has 0 aliphatic rings. The number of amides is 1. The topological polar surface area (TPSA) is 38.8 Å². The molecule has 1 amide bonds. The number of methoxy groups -OCH3 is 1.